The third kappa shape index (κ3) is 6.66. The summed E-state index contributed by atoms with van der Waals surface area (Å²) in [6, 6.07) is 8.26. The molecule has 3 aliphatic rings. The Labute approximate surface area is 253 Å². The van der Waals surface area contributed by atoms with Crippen molar-refractivity contribution in [3.63, 3.8) is 0 Å². The van der Waals surface area contributed by atoms with E-state index in [4.69, 9.17) is 25.2 Å². The van der Waals surface area contributed by atoms with E-state index in [0.717, 1.165) is 52.3 Å². The minimum Gasteiger partial charge on any atom is -0.496 e. The number of primary amides is 1. The van der Waals surface area contributed by atoms with Crippen LogP contribution >= 0.6 is 11.3 Å². The SMILES string of the molecule is CCCCCCCC.COc1ccccc1-c1csc2nc(N3CCNC(C(N)=O)C3)nc(N3C4CCC3COC4)c12. The summed E-state index contributed by atoms with van der Waals surface area (Å²) in [6.07, 6.45) is 10.7. The number of ether oxygens (including phenoxy) is 2. The fourth-order valence-electron chi connectivity index (χ4n) is 6.26. The highest BCUT2D eigenvalue weighted by Gasteiger charge is 2.40. The first-order valence-corrected chi connectivity index (χ1v) is 16.5. The van der Waals surface area contributed by atoms with Gasteiger partial charge in [-0.25, -0.2) is 4.98 Å². The second kappa shape index (κ2) is 14.5. The van der Waals surface area contributed by atoms with E-state index in [2.05, 4.69) is 40.4 Å². The number of nitrogens with zero attached hydrogens (tertiary/aromatic N) is 4. The highest BCUT2D eigenvalue weighted by atomic mass is 32.1. The van der Waals surface area contributed by atoms with Crippen LogP contribution in [0.2, 0.25) is 0 Å². The quantitative estimate of drug-likeness (QED) is 0.302. The number of fused-ring (bicyclic) bond motifs is 3. The van der Waals surface area contributed by atoms with Crippen LogP contribution in [-0.2, 0) is 9.53 Å². The number of hydrogen-bond acceptors (Lipinski definition) is 9. The van der Waals surface area contributed by atoms with Gasteiger partial charge in [0.2, 0.25) is 11.9 Å². The first-order chi connectivity index (χ1) is 20.5. The predicted octanol–water partition coefficient (Wildman–Crippen LogP) is 5.36. The van der Waals surface area contributed by atoms with Crippen LogP contribution in [-0.4, -0.2) is 74.0 Å². The zero-order chi connectivity index (χ0) is 29.5. The van der Waals surface area contributed by atoms with Crippen LogP contribution in [0.4, 0.5) is 11.8 Å². The smallest absolute Gasteiger partial charge is 0.236 e. The molecule has 3 atom stereocenters. The molecule has 1 aromatic carbocycles. The molecular weight excluding hydrogens is 548 g/mol. The minimum absolute atomic E-state index is 0.302. The zero-order valence-electron chi connectivity index (χ0n) is 25.3. The van der Waals surface area contributed by atoms with Gasteiger partial charge in [-0.05, 0) is 18.9 Å². The maximum Gasteiger partial charge on any atom is 0.236 e. The van der Waals surface area contributed by atoms with E-state index < -0.39 is 6.04 Å². The average molecular weight is 595 g/mol. The Kier molecular flexibility index (Phi) is 10.5. The van der Waals surface area contributed by atoms with Gasteiger partial charge in [0.05, 0.1) is 37.8 Å². The Morgan fingerprint density at radius 2 is 1.79 bits per heavy atom. The number of hydrogen-bond donors (Lipinski definition) is 2. The standard InChI is InChI=1S/C24H28N6O3S.C8H18/c1-32-19-5-3-2-4-16(19)17-13-34-23-20(17)22(30-14-6-7-15(30)12-33-11-14)27-24(28-23)29-9-8-26-18(10-29)21(25)31;1-3-5-7-8-6-4-2/h2-5,13-15,18,26H,6-12H2,1H3,(H2,25,31);3-8H2,1-2H3. The van der Waals surface area contributed by atoms with Gasteiger partial charge in [0, 0.05) is 36.1 Å². The van der Waals surface area contributed by atoms with E-state index in [9.17, 15) is 4.79 Å². The van der Waals surface area contributed by atoms with Crippen LogP contribution < -0.4 is 25.6 Å². The molecule has 2 bridgehead atoms. The summed E-state index contributed by atoms with van der Waals surface area (Å²) in [7, 11) is 1.70. The molecule has 3 unspecified atom stereocenters. The van der Waals surface area contributed by atoms with Crippen molar-refractivity contribution in [2.75, 3.05) is 49.8 Å². The Bertz CT molecular complexity index is 1310. The molecule has 2 aromatic heterocycles. The number of morpholine rings is 1. The third-order valence-corrected chi connectivity index (χ3v) is 9.42. The summed E-state index contributed by atoms with van der Waals surface area (Å²) in [5, 5.41) is 6.39. The van der Waals surface area contributed by atoms with Crippen molar-refractivity contribution in [1.82, 2.24) is 15.3 Å². The molecule has 3 aromatic rings. The maximum atomic E-state index is 11.8. The summed E-state index contributed by atoms with van der Waals surface area (Å²) in [5.41, 5.74) is 7.70. The van der Waals surface area contributed by atoms with Gasteiger partial charge in [-0.2, -0.15) is 4.98 Å². The van der Waals surface area contributed by atoms with Crippen LogP contribution in [0.1, 0.15) is 65.2 Å². The van der Waals surface area contributed by atoms with Crippen molar-refractivity contribution >= 4 is 39.2 Å². The van der Waals surface area contributed by atoms with Gasteiger partial charge in [0.1, 0.15) is 22.4 Å². The number of nitrogens with two attached hydrogens (primary N) is 1. The number of para-hydroxylation sites is 1. The van der Waals surface area contributed by atoms with Gasteiger partial charge in [0.25, 0.3) is 0 Å². The predicted molar refractivity (Wildman–Crippen MR) is 172 cm³/mol. The largest absolute Gasteiger partial charge is 0.496 e. The Hall–Kier alpha value is -2.95. The second-order valence-corrected chi connectivity index (χ2v) is 12.3. The molecule has 3 fully saturated rings. The zero-order valence-corrected chi connectivity index (χ0v) is 26.1. The number of amides is 1. The van der Waals surface area contributed by atoms with E-state index >= 15 is 0 Å². The fourth-order valence-corrected chi connectivity index (χ4v) is 7.18. The first kappa shape index (κ1) is 30.5. The normalized spacial score (nSPS) is 21.7. The van der Waals surface area contributed by atoms with Gasteiger partial charge in [0.15, 0.2) is 0 Å². The van der Waals surface area contributed by atoms with Crippen LogP contribution in [0, 0.1) is 0 Å². The number of anilines is 2. The molecule has 5 heterocycles. The molecule has 3 aliphatic heterocycles. The number of benzene rings is 1. The first-order valence-electron chi connectivity index (χ1n) is 15.6. The van der Waals surface area contributed by atoms with Crippen molar-refractivity contribution in [3.8, 4) is 16.9 Å². The maximum absolute atomic E-state index is 11.8. The molecule has 1 amide bonds. The lowest BCUT2D eigenvalue weighted by Crippen LogP contribution is -2.56. The highest BCUT2D eigenvalue weighted by Crippen LogP contribution is 2.45. The lowest BCUT2D eigenvalue weighted by Gasteiger charge is -2.37. The van der Waals surface area contributed by atoms with E-state index in [1.807, 2.05) is 18.2 Å². The van der Waals surface area contributed by atoms with E-state index in [1.54, 1.807) is 18.4 Å². The molecular formula is C32H46N6O3S. The molecule has 228 valence electrons. The molecule has 3 N–H and O–H groups in total. The van der Waals surface area contributed by atoms with Crippen molar-refractivity contribution in [2.45, 2.75) is 83.3 Å². The lowest BCUT2D eigenvalue weighted by molar-refractivity contribution is -0.120. The minimum atomic E-state index is -0.413. The van der Waals surface area contributed by atoms with Gasteiger partial charge >= 0.3 is 0 Å². The summed E-state index contributed by atoms with van der Waals surface area (Å²) < 4.78 is 11.6. The summed E-state index contributed by atoms with van der Waals surface area (Å²) in [6.45, 7) is 7.77. The second-order valence-electron chi connectivity index (χ2n) is 11.5. The number of methoxy groups -OCH3 is 1. The van der Waals surface area contributed by atoms with Crippen LogP contribution in [0.5, 0.6) is 5.75 Å². The number of carbonyl (C=O) groups is 1. The molecule has 42 heavy (non-hydrogen) atoms. The number of carbonyl (C=O) groups excluding carboxylic acids is 1. The Morgan fingerprint density at radius 3 is 2.45 bits per heavy atom. The van der Waals surface area contributed by atoms with Gasteiger partial charge in [-0.3, -0.25) is 4.79 Å². The van der Waals surface area contributed by atoms with Crippen molar-refractivity contribution in [1.29, 1.82) is 0 Å². The third-order valence-electron chi connectivity index (χ3n) is 8.54. The molecule has 0 radical (unpaired) electrons. The van der Waals surface area contributed by atoms with Gasteiger partial charge < -0.3 is 30.3 Å². The van der Waals surface area contributed by atoms with Crippen LogP contribution in [0.25, 0.3) is 21.3 Å². The Balaban J connectivity index is 0.000000390. The monoisotopic (exact) mass is 594 g/mol. The van der Waals surface area contributed by atoms with E-state index in [-0.39, 0.29) is 5.91 Å². The average Bonchev–Trinajstić information content (AvgIpc) is 3.56. The molecule has 0 saturated carbocycles. The summed E-state index contributed by atoms with van der Waals surface area (Å²) in [4.78, 5) is 27.4. The highest BCUT2D eigenvalue weighted by molar-refractivity contribution is 7.17. The number of thiophene rings is 1. The number of nitrogens with one attached hydrogen (secondary N) is 1. The summed E-state index contributed by atoms with van der Waals surface area (Å²) in [5.74, 6) is 2.07. The fraction of sp³-hybridized carbons (Fsp3) is 0.594. The lowest BCUT2D eigenvalue weighted by atomic mass is 10.0. The molecule has 0 aliphatic carbocycles. The number of rotatable bonds is 10. The molecule has 6 rings (SSSR count). The topological polar surface area (TPSA) is 106 Å². The van der Waals surface area contributed by atoms with Crippen LogP contribution in [0.15, 0.2) is 29.6 Å². The molecule has 0 spiro atoms. The van der Waals surface area contributed by atoms with Crippen molar-refractivity contribution < 1.29 is 14.3 Å². The van der Waals surface area contributed by atoms with Gasteiger partial charge in [-0.1, -0.05) is 70.6 Å². The molecule has 3 saturated heterocycles. The molecule has 10 heteroatoms. The van der Waals surface area contributed by atoms with Crippen LogP contribution in [0.3, 0.4) is 0 Å². The van der Waals surface area contributed by atoms with Crippen molar-refractivity contribution in [2.24, 2.45) is 5.73 Å². The van der Waals surface area contributed by atoms with E-state index in [0.29, 0.717) is 44.3 Å². The number of aromatic nitrogens is 2. The van der Waals surface area contributed by atoms with Crippen molar-refractivity contribution in [3.05, 3.63) is 29.6 Å². The summed E-state index contributed by atoms with van der Waals surface area (Å²) >= 11 is 1.62. The number of unbranched alkanes of at least 4 members (excludes halogenated alkanes) is 5. The Morgan fingerprint density at radius 1 is 1.07 bits per heavy atom. The van der Waals surface area contributed by atoms with Gasteiger partial charge in [-0.15, -0.1) is 11.3 Å². The molecule has 9 nitrogen and oxygen atoms in total. The van der Waals surface area contributed by atoms with E-state index in [1.165, 1.54) is 38.5 Å². The number of piperazine rings is 1.